The number of amides is 1. The van der Waals surface area contributed by atoms with Gasteiger partial charge in [-0.1, -0.05) is 12.1 Å². The van der Waals surface area contributed by atoms with E-state index >= 15 is 0 Å². The van der Waals surface area contributed by atoms with Gasteiger partial charge in [-0.25, -0.2) is 0 Å². The second-order valence-corrected chi connectivity index (χ2v) is 3.10. The molecular formula is C10H14N2O2. The van der Waals surface area contributed by atoms with E-state index in [4.69, 9.17) is 10.8 Å². The van der Waals surface area contributed by atoms with Crippen molar-refractivity contribution in [2.24, 2.45) is 5.73 Å². The predicted molar refractivity (Wildman–Crippen MR) is 54.8 cm³/mol. The summed E-state index contributed by atoms with van der Waals surface area (Å²) in [5.74, 6) is -0.125. The molecule has 1 aromatic carbocycles. The molecule has 0 heterocycles. The number of nitrogens with two attached hydrogens (primary N) is 1. The van der Waals surface area contributed by atoms with E-state index in [0.717, 1.165) is 5.56 Å². The van der Waals surface area contributed by atoms with Crippen molar-refractivity contribution >= 4 is 11.6 Å². The Hall–Kier alpha value is -1.39. The first kappa shape index (κ1) is 10.7. The molecule has 1 amide bonds. The third kappa shape index (κ3) is 2.83. The molecule has 0 aliphatic rings. The van der Waals surface area contributed by atoms with Crippen LogP contribution in [0.1, 0.15) is 18.5 Å². The normalized spacial score (nSPS) is 12.2. The highest BCUT2D eigenvalue weighted by atomic mass is 16.3. The maximum Gasteiger partial charge on any atom is 0.221 e. The number of carbonyl (C=O) groups excluding carboxylic acids is 1. The minimum atomic E-state index is -0.399. The molecule has 1 rings (SSSR count). The van der Waals surface area contributed by atoms with Gasteiger partial charge in [-0.15, -0.1) is 0 Å². The third-order valence-corrected chi connectivity index (χ3v) is 1.83. The van der Waals surface area contributed by atoms with E-state index in [1.165, 1.54) is 6.92 Å². The molecule has 0 fully saturated rings. The molecule has 4 heteroatoms. The molecule has 0 saturated carbocycles. The van der Waals surface area contributed by atoms with Crippen LogP contribution >= 0.6 is 0 Å². The Labute approximate surface area is 82.7 Å². The molecule has 14 heavy (non-hydrogen) atoms. The molecular weight excluding hydrogens is 180 g/mol. The Morgan fingerprint density at radius 1 is 1.64 bits per heavy atom. The average Bonchev–Trinajstić information content (AvgIpc) is 2.16. The van der Waals surface area contributed by atoms with Crippen LogP contribution in [0.5, 0.6) is 0 Å². The lowest BCUT2D eigenvalue weighted by atomic mass is 10.1. The smallest absolute Gasteiger partial charge is 0.221 e. The van der Waals surface area contributed by atoms with Crippen LogP contribution in [0, 0.1) is 0 Å². The third-order valence-electron chi connectivity index (χ3n) is 1.83. The van der Waals surface area contributed by atoms with Crippen molar-refractivity contribution in [3.8, 4) is 0 Å². The van der Waals surface area contributed by atoms with Gasteiger partial charge in [-0.2, -0.15) is 0 Å². The zero-order valence-electron chi connectivity index (χ0n) is 8.03. The Bertz CT molecular complexity index is 326. The van der Waals surface area contributed by atoms with Gasteiger partial charge < -0.3 is 16.2 Å². The lowest BCUT2D eigenvalue weighted by Gasteiger charge is -2.10. The summed E-state index contributed by atoms with van der Waals surface area (Å²) in [6, 6.07) is 6.73. The van der Waals surface area contributed by atoms with Crippen LogP contribution < -0.4 is 11.1 Å². The molecule has 1 unspecified atom stereocenters. The van der Waals surface area contributed by atoms with Crippen molar-refractivity contribution in [1.29, 1.82) is 0 Å². The van der Waals surface area contributed by atoms with E-state index in [1.54, 1.807) is 18.2 Å². The van der Waals surface area contributed by atoms with Gasteiger partial charge >= 0.3 is 0 Å². The van der Waals surface area contributed by atoms with Gasteiger partial charge in [0.2, 0.25) is 5.91 Å². The van der Waals surface area contributed by atoms with E-state index in [2.05, 4.69) is 5.32 Å². The zero-order chi connectivity index (χ0) is 10.6. The van der Waals surface area contributed by atoms with E-state index in [0.29, 0.717) is 5.69 Å². The van der Waals surface area contributed by atoms with Gasteiger partial charge in [0.25, 0.3) is 0 Å². The fraction of sp³-hybridized carbons (Fsp3) is 0.300. The first-order valence-corrected chi connectivity index (χ1v) is 4.37. The molecule has 1 aromatic rings. The predicted octanol–water partition coefficient (Wildman–Crippen LogP) is 0.637. The van der Waals surface area contributed by atoms with Crippen molar-refractivity contribution in [2.45, 2.75) is 13.0 Å². The van der Waals surface area contributed by atoms with E-state index in [1.807, 2.05) is 6.07 Å². The summed E-state index contributed by atoms with van der Waals surface area (Å²) in [6.45, 7) is 1.34. The molecule has 1 atom stereocenters. The van der Waals surface area contributed by atoms with Gasteiger partial charge in [0.15, 0.2) is 0 Å². The van der Waals surface area contributed by atoms with E-state index < -0.39 is 6.04 Å². The van der Waals surface area contributed by atoms with Crippen molar-refractivity contribution in [3.05, 3.63) is 29.8 Å². The summed E-state index contributed by atoms with van der Waals surface area (Å²) in [4.78, 5) is 10.8. The first-order chi connectivity index (χ1) is 6.63. The van der Waals surface area contributed by atoms with Gasteiger partial charge in [-0.05, 0) is 17.7 Å². The summed E-state index contributed by atoms with van der Waals surface area (Å²) in [5, 5.41) is 11.5. The lowest BCUT2D eigenvalue weighted by Crippen LogP contribution is -2.15. The standard InChI is InChI=1S/C10H14N2O2/c1-7(14)12-9-4-2-3-8(5-9)10(11)6-13/h2-5,10,13H,6,11H2,1H3,(H,12,14). The molecule has 4 N–H and O–H groups in total. The largest absolute Gasteiger partial charge is 0.394 e. The highest BCUT2D eigenvalue weighted by Crippen LogP contribution is 2.15. The number of rotatable bonds is 3. The maximum atomic E-state index is 10.8. The molecule has 76 valence electrons. The summed E-state index contributed by atoms with van der Waals surface area (Å²) in [6.07, 6.45) is 0. The summed E-state index contributed by atoms with van der Waals surface area (Å²) in [5.41, 5.74) is 7.13. The van der Waals surface area contributed by atoms with Gasteiger partial charge in [0.1, 0.15) is 0 Å². The highest BCUT2D eigenvalue weighted by Gasteiger charge is 2.04. The molecule has 0 aliphatic carbocycles. The van der Waals surface area contributed by atoms with Gasteiger partial charge in [0, 0.05) is 12.6 Å². The second kappa shape index (κ2) is 4.74. The number of anilines is 1. The highest BCUT2D eigenvalue weighted by molar-refractivity contribution is 5.88. The van der Waals surface area contributed by atoms with Crippen LogP contribution in [0.15, 0.2) is 24.3 Å². The molecule has 0 spiro atoms. The second-order valence-electron chi connectivity index (χ2n) is 3.10. The number of aliphatic hydroxyl groups is 1. The van der Waals surface area contributed by atoms with Crippen molar-refractivity contribution in [1.82, 2.24) is 0 Å². The van der Waals surface area contributed by atoms with E-state index in [9.17, 15) is 4.79 Å². The number of hydrogen-bond acceptors (Lipinski definition) is 3. The number of carbonyl (C=O) groups is 1. The first-order valence-electron chi connectivity index (χ1n) is 4.37. The Morgan fingerprint density at radius 3 is 2.93 bits per heavy atom. The fourth-order valence-electron chi connectivity index (χ4n) is 1.16. The van der Waals surface area contributed by atoms with Crippen molar-refractivity contribution in [3.63, 3.8) is 0 Å². The van der Waals surface area contributed by atoms with Crippen molar-refractivity contribution in [2.75, 3.05) is 11.9 Å². The molecule has 4 nitrogen and oxygen atoms in total. The molecule has 0 aliphatic heterocycles. The summed E-state index contributed by atoms with van der Waals surface area (Å²) >= 11 is 0. The van der Waals surface area contributed by atoms with Gasteiger partial charge in [-0.3, -0.25) is 4.79 Å². The average molecular weight is 194 g/mol. The number of benzene rings is 1. The fourth-order valence-corrected chi connectivity index (χ4v) is 1.16. The maximum absolute atomic E-state index is 10.8. The molecule has 0 radical (unpaired) electrons. The minimum absolute atomic E-state index is 0.108. The van der Waals surface area contributed by atoms with E-state index in [-0.39, 0.29) is 12.5 Å². The van der Waals surface area contributed by atoms with Crippen LogP contribution in [0.3, 0.4) is 0 Å². The molecule has 0 bridgehead atoms. The zero-order valence-corrected chi connectivity index (χ0v) is 8.03. The Morgan fingerprint density at radius 2 is 2.36 bits per heavy atom. The number of nitrogens with one attached hydrogen (secondary N) is 1. The number of aliphatic hydroxyl groups excluding tert-OH is 1. The van der Waals surface area contributed by atoms with Crippen molar-refractivity contribution < 1.29 is 9.90 Å². The minimum Gasteiger partial charge on any atom is -0.394 e. The SMILES string of the molecule is CC(=O)Nc1cccc(C(N)CO)c1. The number of hydrogen-bond donors (Lipinski definition) is 3. The lowest BCUT2D eigenvalue weighted by molar-refractivity contribution is -0.114. The van der Waals surface area contributed by atoms with Crippen LogP contribution in [0.4, 0.5) is 5.69 Å². The summed E-state index contributed by atoms with van der Waals surface area (Å²) in [7, 11) is 0. The van der Waals surface area contributed by atoms with Crippen LogP contribution in [0.2, 0.25) is 0 Å². The Balaban J connectivity index is 2.83. The molecule has 0 saturated heterocycles. The quantitative estimate of drug-likeness (QED) is 0.660. The monoisotopic (exact) mass is 194 g/mol. The van der Waals surface area contributed by atoms with Crippen LogP contribution in [-0.4, -0.2) is 17.6 Å². The summed E-state index contributed by atoms with van der Waals surface area (Å²) < 4.78 is 0. The molecule has 0 aromatic heterocycles. The van der Waals surface area contributed by atoms with Crippen LogP contribution in [0.25, 0.3) is 0 Å². The van der Waals surface area contributed by atoms with Gasteiger partial charge in [0.05, 0.1) is 12.6 Å². The Kier molecular flexibility index (Phi) is 3.62. The topological polar surface area (TPSA) is 75.4 Å². The van der Waals surface area contributed by atoms with Crippen LogP contribution in [-0.2, 0) is 4.79 Å².